The van der Waals surface area contributed by atoms with Crippen molar-refractivity contribution in [2.24, 2.45) is 0 Å². The van der Waals surface area contributed by atoms with Gasteiger partial charge in [-0.3, -0.25) is 4.79 Å². The van der Waals surface area contributed by atoms with Crippen molar-refractivity contribution in [3.05, 3.63) is 53.5 Å². The third-order valence-electron chi connectivity index (χ3n) is 6.91. The van der Waals surface area contributed by atoms with Gasteiger partial charge in [-0.15, -0.1) is 0 Å². The number of anilines is 1. The summed E-state index contributed by atoms with van der Waals surface area (Å²) >= 11 is 0. The summed E-state index contributed by atoms with van der Waals surface area (Å²) in [5.41, 5.74) is 1.41. The summed E-state index contributed by atoms with van der Waals surface area (Å²) in [7, 11) is -3.73. The molecule has 2 unspecified atom stereocenters. The first kappa shape index (κ1) is 21.4. The van der Waals surface area contributed by atoms with Crippen molar-refractivity contribution in [1.82, 2.24) is 9.88 Å². The number of pyridine rings is 1. The quantitative estimate of drug-likeness (QED) is 0.665. The molecule has 5 rings (SSSR count). The van der Waals surface area contributed by atoms with E-state index in [4.69, 9.17) is 0 Å². The zero-order chi connectivity index (χ0) is 22.5. The molecule has 2 aromatic rings. The molecule has 2 bridgehead atoms. The number of amides is 1. The number of nitrogens with zero attached hydrogens (tertiary/aromatic N) is 3. The fourth-order valence-electron chi connectivity index (χ4n) is 5.14. The van der Waals surface area contributed by atoms with Crippen LogP contribution in [-0.2, 0) is 14.6 Å². The van der Waals surface area contributed by atoms with Gasteiger partial charge in [0.1, 0.15) is 11.6 Å². The Morgan fingerprint density at radius 1 is 1.09 bits per heavy atom. The number of carbonyl (C=O) groups excluding carboxylic acids is 1. The number of carbonyl (C=O) groups is 1. The zero-order valence-electron chi connectivity index (χ0n) is 18.2. The Hall–Kier alpha value is -2.48. The largest absolute Gasteiger partial charge is 0.347 e. The van der Waals surface area contributed by atoms with Crippen LogP contribution in [0.2, 0.25) is 0 Å². The van der Waals surface area contributed by atoms with E-state index in [1.54, 1.807) is 4.90 Å². The zero-order valence-corrected chi connectivity index (χ0v) is 19.0. The second kappa shape index (κ2) is 8.14. The van der Waals surface area contributed by atoms with Gasteiger partial charge in [-0.2, -0.15) is 0 Å². The van der Waals surface area contributed by atoms with Crippen LogP contribution >= 0.6 is 0 Å². The molecule has 2 atom stereocenters. The monoisotopic (exact) mass is 457 g/mol. The number of hydrogen-bond acceptors (Lipinski definition) is 5. The molecule has 2 saturated heterocycles. The first-order chi connectivity index (χ1) is 15.3. The van der Waals surface area contributed by atoms with Gasteiger partial charge < -0.3 is 9.80 Å². The molecular weight excluding hydrogens is 429 g/mol. The van der Waals surface area contributed by atoms with E-state index in [9.17, 15) is 17.6 Å². The number of rotatable bonds is 6. The van der Waals surface area contributed by atoms with Crippen molar-refractivity contribution in [3.63, 3.8) is 0 Å². The van der Waals surface area contributed by atoms with Crippen LogP contribution in [0.25, 0.3) is 0 Å². The number of likely N-dealkylation sites (tertiary alicyclic amines) is 1. The van der Waals surface area contributed by atoms with Crippen LogP contribution in [0.5, 0.6) is 0 Å². The van der Waals surface area contributed by atoms with E-state index >= 15 is 0 Å². The number of sulfone groups is 1. The Morgan fingerprint density at radius 2 is 1.81 bits per heavy atom. The molecule has 8 heteroatoms. The Labute approximate surface area is 188 Å². The smallest absolute Gasteiger partial charge is 0.223 e. The van der Waals surface area contributed by atoms with E-state index in [-0.39, 0.29) is 41.0 Å². The van der Waals surface area contributed by atoms with Gasteiger partial charge in [0.05, 0.1) is 10.6 Å². The van der Waals surface area contributed by atoms with Crippen LogP contribution in [0.4, 0.5) is 10.2 Å². The van der Waals surface area contributed by atoms with Gasteiger partial charge in [0, 0.05) is 43.4 Å². The fourth-order valence-corrected chi connectivity index (χ4v) is 6.69. The third kappa shape index (κ3) is 4.00. The molecule has 3 heterocycles. The second-order valence-electron chi connectivity index (χ2n) is 9.28. The highest BCUT2D eigenvalue weighted by atomic mass is 32.2. The number of aromatic nitrogens is 1. The van der Waals surface area contributed by atoms with Crippen LogP contribution in [0, 0.1) is 12.7 Å². The summed E-state index contributed by atoms with van der Waals surface area (Å²) in [6, 6.07) is 8.71. The highest BCUT2D eigenvalue weighted by Crippen LogP contribution is 2.44. The molecule has 1 aromatic heterocycles. The number of halogens is 1. The van der Waals surface area contributed by atoms with Crippen molar-refractivity contribution in [1.29, 1.82) is 0 Å². The first-order valence-corrected chi connectivity index (χ1v) is 13.0. The van der Waals surface area contributed by atoms with Gasteiger partial charge in [0.25, 0.3) is 0 Å². The molecule has 1 saturated carbocycles. The van der Waals surface area contributed by atoms with Crippen LogP contribution in [0.1, 0.15) is 49.1 Å². The minimum absolute atomic E-state index is 0.0178. The fraction of sp³-hybridized carbons (Fsp3) is 0.500. The average molecular weight is 458 g/mol. The van der Waals surface area contributed by atoms with E-state index < -0.39 is 15.7 Å². The summed E-state index contributed by atoms with van der Waals surface area (Å²) in [6.45, 7) is 3.17. The minimum atomic E-state index is -3.73. The lowest BCUT2D eigenvalue weighted by atomic mass is 10.1. The maximum atomic E-state index is 14.3. The molecule has 1 aromatic carbocycles. The summed E-state index contributed by atoms with van der Waals surface area (Å²) < 4.78 is 40.3. The average Bonchev–Trinajstić information content (AvgIpc) is 3.57. The lowest BCUT2D eigenvalue weighted by molar-refractivity contribution is -0.131. The summed E-state index contributed by atoms with van der Waals surface area (Å²) in [5.74, 6) is 0.0280. The topological polar surface area (TPSA) is 70.6 Å². The number of aryl methyl sites for hydroxylation is 1. The van der Waals surface area contributed by atoms with Crippen LogP contribution < -0.4 is 4.90 Å². The Bertz CT molecular complexity index is 1120. The van der Waals surface area contributed by atoms with Crippen molar-refractivity contribution in [2.75, 3.05) is 23.7 Å². The lowest BCUT2D eigenvalue weighted by Crippen LogP contribution is -2.55. The minimum Gasteiger partial charge on any atom is -0.347 e. The Morgan fingerprint density at radius 3 is 2.44 bits per heavy atom. The number of hydrogen-bond donors (Lipinski definition) is 0. The maximum absolute atomic E-state index is 14.3. The van der Waals surface area contributed by atoms with Gasteiger partial charge in [-0.25, -0.2) is 17.8 Å². The van der Waals surface area contributed by atoms with Crippen LogP contribution in [0.15, 0.2) is 41.4 Å². The molecule has 170 valence electrons. The van der Waals surface area contributed by atoms with Gasteiger partial charge in [-0.1, -0.05) is 12.1 Å². The van der Waals surface area contributed by atoms with E-state index in [0.717, 1.165) is 37.1 Å². The molecular formula is C24H28FN3O3S. The van der Waals surface area contributed by atoms with Crippen molar-refractivity contribution >= 4 is 21.6 Å². The van der Waals surface area contributed by atoms with E-state index in [1.165, 1.54) is 18.2 Å². The van der Waals surface area contributed by atoms with E-state index in [0.29, 0.717) is 18.7 Å². The third-order valence-corrected chi connectivity index (χ3v) is 8.68. The van der Waals surface area contributed by atoms with E-state index in [2.05, 4.69) is 9.88 Å². The predicted octanol–water partition coefficient (Wildman–Crippen LogP) is 3.45. The normalized spacial score (nSPS) is 22.9. The van der Waals surface area contributed by atoms with Crippen molar-refractivity contribution in [2.45, 2.75) is 61.9 Å². The molecule has 1 aliphatic carbocycles. The lowest BCUT2D eigenvalue weighted by Gasteiger charge is -2.41. The maximum Gasteiger partial charge on any atom is 0.223 e. The van der Waals surface area contributed by atoms with Crippen LogP contribution in [0.3, 0.4) is 0 Å². The molecule has 32 heavy (non-hydrogen) atoms. The van der Waals surface area contributed by atoms with E-state index in [1.807, 2.05) is 25.3 Å². The highest BCUT2D eigenvalue weighted by molar-refractivity contribution is 7.91. The van der Waals surface area contributed by atoms with Gasteiger partial charge >= 0.3 is 0 Å². The number of fused-ring (bicyclic) bond motifs is 2. The molecule has 0 radical (unpaired) electrons. The molecule has 6 nitrogen and oxygen atoms in total. The van der Waals surface area contributed by atoms with Crippen LogP contribution in [-0.4, -0.2) is 55.1 Å². The Balaban J connectivity index is 1.25. The SMILES string of the molecule is Cc1ccc(N2C3CCC2CN(C(=O)CCS(=O)(=O)c2cccc(F)c2C2CC2)C3)nc1. The molecule has 1 amide bonds. The Kier molecular flexibility index (Phi) is 5.43. The van der Waals surface area contributed by atoms with Gasteiger partial charge in [0.15, 0.2) is 9.84 Å². The predicted molar refractivity (Wildman–Crippen MR) is 120 cm³/mol. The summed E-state index contributed by atoms with van der Waals surface area (Å²) in [6.07, 6.45) is 5.40. The number of piperazine rings is 1. The first-order valence-electron chi connectivity index (χ1n) is 11.3. The molecule has 2 aliphatic heterocycles. The molecule has 3 fully saturated rings. The van der Waals surface area contributed by atoms with Gasteiger partial charge in [0.2, 0.25) is 5.91 Å². The standard InChI is InChI=1S/C24H28FN3O3S/c1-16-5-10-22(26-13-16)28-18-8-9-19(28)15-27(14-18)23(29)11-12-32(30,31)21-4-2-3-20(25)24(21)17-6-7-17/h2-5,10,13,17-19H,6-9,11-12,14-15H2,1H3. The van der Waals surface area contributed by atoms with Crippen molar-refractivity contribution < 1.29 is 17.6 Å². The van der Waals surface area contributed by atoms with Crippen molar-refractivity contribution in [3.8, 4) is 0 Å². The van der Waals surface area contributed by atoms with Gasteiger partial charge in [-0.05, 0) is 62.3 Å². The molecule has 0 spiro atoms. The second-order valence-corrected chi connectivity index (χ2v) is 11.4. The molecule has 3 aliphatic rings. The summed E-state index contributed by atoms with van der Waals surface area (Å²) in [5, 5.41) is 0. The molecule has 0 N–H and O–H groups in total. The highest BCUT2D eigenvalue weighted by Gasteiger charge is 2.42. The number of benzene rings is 1. The summed E-state index contributed by atoms with van der Waals surface area (Å²) in [4.78, 5) is 21.7.